The number of ether oxygens (including phenoxy) is 1. The Bertz CT molecular complexity index is 987. The Morgan fingerprint density at radius 1 is 1.04 bits per heavy atom. The van der Waals surface area contributed by atoms with Crippen LogP contribution in [0.2, 0.25) is 0 Å². The maximum absolute atomic E-state index is 13.0. The number of methoxy groups -OCH3 is 1. The SMILES string of the molecule is COC(=O)c1ccc(N[C@H]2c3ncccc3C(=O)N2c2ccccc2)cc1. The first-order valence-electron chi connectivity index (χ1n) is 8.47. The fraction of sp³-hybridized carbons (Fsp3) is 0.0952. The number of anilines is 2. The van der Waals surface area contributed by atoms with Crippen LogP contribution >= 0.6 is 0 Å². The maximum atomic E-state index is 13.0. The van der Waals surface area contributed by atoms with Gasteiger partial charge in [-0.2, -0.15) is 0 Å². The first-order valence-corrected chi connectivity index (χ1v) is 8.47. The van der Waals surface area contributed by atoms with Gasteiger partial charge in [-0.25, -0.2) is 4.79 Å². The molecule has 1 atom stereocenters. The van der Waals surface area contributed by atoms with Crippen molar-refractivity contribution >= 4 is 23.3 Å². The van der Waals surface area contributed by atoms with Crippen LogP contribution in [0, 0.1) is 0 Å². The van der Waals surface area contributed by atoms with Crippen LogP contribution in [0.3, 0.4) is 0 Å². The van der Waals surface area contributed by atoms with Crippen LogP contribution in [-0.4, -0.2) is 24.0 Å². The molecule has 1 amide bonds. The minimum Gasteiger partial charge on any atom is -0.465 e. The fourth-order valence-electron chi connectivity index (χ4n) is 3.15. The van der Waals surface area contributed by atoms with E-state index < -0.39 is 12.1 Å². The van der Waals surface area contributed by atoms with E-state index in [1.54, 1.807) is 47.5 Å². The molecule has 1 aromatic heterocycles. The van der Waals surface area contributed by atoms with Gasteiger partial charge in [-0.1, -0.05) is 18.2 Å². The van der Waals surface area contributed by atoms with Gasteiger partial charge in [0.05, 0.1) is 23.9 Å². The number of rotatable bonds is 4. The third-order valence-electron chi connectivity index (χ3n) is 4.45. The molecule has 0 aliphatic carbocycles. The maximum Gasteiger partial charge on any atom is 0.337 e. The highest BCUT2D eigenvalue weighted by molar-refractivity contribution is 6.11. The van der Waals surface area contributed by atoms with Crippen LogP contribution < -0.4 is 10.2 Å². The predicted molar refractivity (Wildman–Crippen MR) is 102 cm³/mol. The monoisotopic (exact) mass is 359 g/mol. The molecule has 0 fully saturated rings. The molecule has 6 heteroatoms. The van der Waals surface area contributed by atoms with Crippen molar-refractivity contribution in [3.63, 3.8) is 0 Å². The highest BCUT2D eigenvalue weighted by Crippen LogP contribution is 2.36. The molecule has 2 heterocycles. The topological polar surface area (TPSA) is 71.5 Å². The molecule has 3 aromatic rings. The molecule has 4 rings (SSSR count). The number of hydrogen-bond donors (Lipinski definition) is 1. The molecule has 1 aliphatic heterocycles. The minimum atomic E-state index is -0.444. The highest BCUT2D eigenvalue weighted by atomic mass is 16.5. The van der Waals surface area contributed by atoms with Gasteiger partial charge in [-0.15, -0.1) is 0 Å². The second-order valence-corrected chi connectivity index (χ2v) is 6.06. The van der Waals surface area contributed by atoms with E-state index in [-0.39, 0.29) is 5.91 Å². The highest BCUT2D eigenvalue weighted by Gasteiger charge is 2.38. The van der Waals surface area contributed by atoms with E-state index in [1.807, 2.05) is 30.3 Å². The van der Waals surface area contributed by atoms with E-state index in [0.717, 1.165) is 11.4 Å². The van der Waals surface area contributed by atoms with E-state index in [1.165, 1.54) is 7.11 Å². The third-order valence-corrected chi connectivity index (χ3v) is 4.45. The van der Waals surface area contributed by atoms with Crippen molar-refractivity contribution in [2.75, 3.05) is 17.3 Å². The van der Waals surface area contributed by atoms with E-state index in [9.17, 15) is 9.59 Å². The number of hydrogen-bond acceptors (Lipinski definition) is 5. The number of amides is 1. The van der Waals surface area contributed by atoms with E-state index in [2.05, 4.69) is 10.3 Å². The van der Waals surface area contributed by atoms with Crippen molar-refractivity contribution in [1.82, 2.24) is 4.98 Å². The molecule has 2 aromatic carbocycles. The minimum absolute atomic E-state index is 0.104. The standard InChI is InChI=1S/C21H17N3O3/c1-27-21(26)14-9-11-15(12-10-14)23-19-18-17(8-5-13-22-18)20(25)24(19)16-6-3-2-4-7-16/h2-13,19,23H,1H3/t19-/m1/s1. The molecule has 0 spiro atoms. The summed E-state index contributed by atoms with van der Waals surface area (Å²) >= 11 is 0. The predicted octanol–water partition coefficient (Wildman–Crippen LogP) is 3.64. The Balaban J connectivity index is 1.70. The summed E-state index contributed by atoms with van der Waals surface area (Å²) in [6, 6.07) is 19.9. The molecule has 1 aliphatic rings. The van der Waals surface area contributed by atoms with Gasteiger partial charge < -0.3 is 10.1 Å². The molecular weight excluding hydrogens is 342 g/mol. The number of carbonyl (C=O) groups is 2. The largest absolute Gasteiger partial charge is 0.465 e. The van der Waals surface area contributed by atoms with Gasteiger partial charge in [0.25, 0.3) is 5.91 Å². The molecule has 6 nitrogen and oxygen atoms in total. The van der Waals surface area contributed by atoms with Gasteiger partial charge in [0.2, 0.25) is 0 Å². The van der Waals surface area contributed by atoms with Crippen LogP contribution in [0.4, 0.5) is 11.4 Å². The number of nitrogens with one attached hydrogen (secondary N) is 1. The van der Waals surface area contributed by atoms with Crippen LogP contribution in [-0.2, 0) is 4.74 Å². The Morgan fingerprint density at radius 2 is 1.78 bits per heavy atom. The van der Waals surface area contributed by atoms with E-state index in [0.29, 0.717) is 16.8 Å². The number of esters is 1. The molecule has 1 N–H and O–H groups in total. The van der Waals surface area contributed by atoms with Gasteiger partial charge in [0.1, 0.15) is 0 Å². The van der Waals surface area contributed by atoms with Crippen LogP contribution in [0.1, 0.15) is 32.6 Å². The van der Waals surface area contributed by atoms with Gasteiger partial charge in [-0.05, 0) is 48.5 Å². The lowest BCUT2D eigenvalue weighted by molar-refractivity contribution is 0.0600. The number of nitrogens with zero attached hydrogens (tertiary/aromatic N) is 2. The molecule has 27 heavy (non-hydrogen) atoms. The van der Waals surface area contributed by atoms with Crippen molar-refractivity contribution in [1.29, 1.82) is 0 Å². The summed E-state index contributed by atoms with van der Waals surface area (Å²) in [5.41, 5.74) is 3.25. The molecule has 0 unspecified atom stereocenters. The van der Waals surface area contributed by atoms with Crippen molar-refractivity contribution in [2.24, 2.45) is 0 Å². The number of carbonyl (C=O) groups excluding carboxylic acids is 2. The molecule has 0 bridgehead atoms. The second kappa shape index (κ2) is 6.92. The number of pyridine rings is 1. The zero-order valence-electron chi connectivity index (χ0n) is 14.6. The fourth-order valence-corrected chi connectivity index (χ4v) is 3.15. The number of aromatic nitrogens is 1. The Morgan fingerprint density at radius 3 is 2.48 bits per heavy atom. The number of para-hydroxylation sites is 1. The second-order valence-electron chi connectivity index (χ2n) is 6.06. The Labute approximate surface area is 156 Å². The number of fused-ring (bicyclic) bond motifs is 1. The summed E-state index contributed by atoms with van der Waals surface area (Å²) in [7, 11) is 1.35. The van der Waals surface area contributed by atoms with Gasteiger partial charge in [0.15, 0.2) is 6.17 Å². The lowest BCUT2D eigenvalue weighted by Crippen LogP contribution is -2.32. The van der Waals surface area contributed by atoms with Crippen LogP contribution in [0.25, 0.3) is 0 Å². The zero-order chi connectivity index (χ0) is 18.8. The quantitative estimate of drug-likeness (QED) is 0.720. The van der Waals surface area contributed by atoms with Crippen molar-refractivity contribution in [2.45, 2.75) is 6.17 Å². The van der Waals surface area contributed by atoms with Crippen molar-refractivity contribution in [3.8, 4) is 0 Å². The molecule has 0 saturated carbocycles. The summed E-state index contributed by atoms with van der Waals surface area (Å²) < 4.78 is 4.72. The summed E-state index contributed by atoms with van der Waals surface area (Å²) in [5.74, 6) is -0.497. The summed E-state index contributed by atoms with van der Waals surface area (Å²) in [6.45, 7) is 0. The Kier molecular flexibility index (Phi) is 4.30. The average Bonchev–Trinajstić information content (AvgIpc) is 3.00. The molecule has 134 valence electrons. The van der Waals surface area contributed by atoms with E-state index in [4.69, 9.17) is 4.74 Å². The lowest BCUT2D eigenvalue weighted by Gasteiger charge is -2.26. The van der Waals surface area contributed by atoms with Crippen molar-refractivity contribution in [3.05, 3.63) is 89.7 Å². The summed E-state index contributed by atoms with van der Waals surface area (Å²) in [6.07, 6.45) is 1.23. The Hall–Kier alpha value is -3.67. The van der Waals surface area contributed by atoms with Crippen molar-refractivity contribution < 1.29 is 14.3 Å². The molecular formula is C21H17N3O3. The zero-order valence-corrected chi connectivity index (χ0v) is 14.6. The first-order chi connectivity index (χ1) is 13.2. The smallest absolute Gasteiger partial charge is 0.337 e. The normalized spacial score (nSPS) is 15.4. The van der Waals surface area contributed by atoms with Gasteiger partial charge in [0, 0.05) is 17.6 Å². The summed E-state index contributed by atoms with van der Waals surface area (Å²) in [4.78, 5) is 30.7. The van der Waals surface area contributed by atoms with Gasteiger partial charge >= 0.3 is 5.97 Å². The summed E-state index contributed by atoms with van der Waals surface area (Å²) in [5, 5.41) is 3.35. The molecule has 0 radical (unpaired) electrons. The molecule has 0 saturated heterocycles. The average molecular weight is 359 g/mol. The van der Waals surface area contributed by atoms with E-state index >= 15 is 0 Å². The van der Waals surface area contributed by atoms with Gasteiger partial charge in [-0.3, -0.25) is 14.7 Å². The van der Waals surface area contributed by atoms with Crippen LogP contribution in [0.15, 0.2) is 72.9 Å². The lowest BCUT2D eigenvalue weighted by atomic mass is 10.2. The third kappa shape index (κ3) is 3.01. The number of benzene rings is 2. The van der Waals surface area contributed by atoms with Crippen LogP contribution in [0.5, 0.6) is 0 Å². The first kappa shape index (κ1) is 16.8.